The molecule has 1 unspecified atom stereocenters. The number of benzene rings is 1. The molecule has 0 spiro atoms. The maximum atomic E-state index is 13.4. The molecule has 1 N–H and O–H groups in total. The first kappa shape index (κ1) is 12.3. The number of piperidine rings is 1. The maximum Gasteiger partial charge on any atom is 0.125 e. The van der Waals surface area contributed by atoms with E-state index in [-0.39, 0.29) is 5.82 Å². The summed E-state index contributed by atoms with van der Waals surface area (Å²) in [7, 11) is 0. The van der Waals surface area contributed by atoms with E-state index in [0.29, 0.717) is 12.0 Å². The minimum absolute atomic E-state index is 0.191. The van der Waals surface area contributed by atoms with Crippen LogP contribution in [0.3, 0.4) is 0 Å². The molecule has 1 aromatic carbocycles. The lowest BCUT2D eigenvalue weighted by molar-refractivity contribution is 0.367. The summed E-state index contributed by atoms with van der Waals surface area (Å²) in [5.74, 6) is 1.63. The molecule has 1 aromatic heterocycles. The van der Waals surface area contributed by atoms with Gasteiger partial charge in [0.25, 0.3) is 0 Å². The van der Waals surface area contributed by atoms with E-state index in [9.17, 15) is 4.39 Å². The highest BCUT2D eigenvalue weighted by Gasteiger charge is 2.29. The molecule has 1 saturated heterocycles. The molecule has 1 saturated carbocycles. The Bertz CT molecular complexity index is 624. The molecule has 3 nitrogen and oxygen atoms in total. The van der Waals surface area contributed by atoms with Gasteiger partial charge in [0.2, 0.25) is 0 Å². The monoisotopic (exact) mass is 273 g/mol. The van der Waals surface area contributed by atoms with Crippen molar-refractivity contribution in [3.05, 3.63) is 29.8 Å². The SMILES string of the molecule is Fc1ccc2c(c1)nc(CC1CCCNC1)n2C1CC1. The number of fused-ring (bicyclic) bond motifs is 1. The van der Waals surface area contributed by atoms with Crippen LogP contribution in [0, 0.1) is 11.7 Å². The quantitative estimate of drug-likeness (QED) is 0.931. The van der Waals surface area contributed by atoms with Crippen molar-refractivity contribution in [2.75, 3.05) is 13.1 Å². The van der Waals surface area contributed by atoms with Crippen LogP contribution in [-0.2, 0) is 6.42 Å². The minimum atomic E-state index is -0.191. The van der Waals surface area contributed by atoms with E-state index in [0.717, 1.165) is 36.4 Å². The molecule has 20 heavy (non-hydrogen) atoms. The van der Waals surface area contributed by atoms with E-state index in [1.54, 1.807) is 12.1 Å². The Labute approximate surface area is 118 Å². The van der Waals surface area contributed by atoms with Crippen molar-refractivity contribution in [2.45, 2.75) is 38.1 Å². The van der Waals surface area contributed by atoms with Crippen LogP contribution in [0.25, 0.3) is 11.0 Å². The molecule has 2 aliphatic rings. The third kappa shape index (κ3) is 2.22. The van der Waals surface area contributed by atoms with Crippen molar-refractivity contribution >= 4 is 11.0 Å². The fourth-order valence-electron chi connectivity index (χ4n) is 3.36. The summed E-state index contributed by atoms with van der Waals surface area (Å²) >= 11 is 0. The first-order valence-corrected chi connectivity index (χ1v) is 7.68. The van der Waals surface area contributed by atoms with E-state index >= 15 is 0 Å². The van der Waals surface area contributed by atoms with Crippen LogP contribution in [-0.4, -0.2) is 22.6 Å². The first-order chi connectivity index (χ1) is 9.81. The second-order valence-electron chi connectivity index (χ2n) is 6.18. The normalized spacial score (nSPS) is 23.4. The van der Waals surface area contributed by atoms with Gasteiger partial charge < -0.3 is 9.88 Å². The Morgan fingerprint density at radius 3 is 2.95 bits per heavy atom. The van der Waals surface area contributed by atoms with Gasteiger partial charge in [0, 0.05) is 18.5 Å². The number of aromatic nitrogens is 2. The lowest BCUT2D eigenvalue weighted by Crippen LogP contribution is -2.31. The second-order valence-corrected chi connectivity index (χ2v) is 6.18. The summed E-state index contributed by atoms with van der Waals surface area (Å²) in [6.45, 7) is 2.23. The minimum Gasteiger partial charge on any atom is -0.325 e. The zero-order valence-corrected chi connectivity index (χ0v) is 11.6. The lowest BCUT2D eigenvalue weighted by atomic mass is 9.96. The predicted octanol–water partition coefficient (Wildman–Crippen LogP) is 3.05. The Balaban J connectivity index is 1.71. The number of hydrogen-bond acceptors (Lipinski definition) is 2. The van der Waals surface area contributed by atoms with Crippen LogP contribution in [0.2, 0.25) is 0 Å². The molecule has 2 aromatic rings. The van der Waals surface area contributed by atoms with Crippen molar-refractivity contribution in [3.8, 4) is 0 Å². The molecule has 0 bridgehead atoms. The van der Waals surface area contributed by atoms with Gasteiger partial charge in [0.1, 0.15) is 11.6 Å². The summed E-state index contributed by atoms with van der Waals surface area (Å²) in [6, 6.07) is 5.60. The number of imidazole rings is 1. The van der Waals surface area contributed by atoms with E-state index in [2.05, 4.69) is 9.88 Å². The Kier molecular flexibility index (Phi) is 2.99. The van der Waals surface area contributed by atoms with Crippen molar-refractivity contribution in [3.63, 3.8) is 0 Å². The van der Waals surface area contributed by atoms with Gasteiger partial charge in [-0.2, -0.15) is 0 Å². The summed E-state index contributed by atoms with van der Waals surface area (Å²) in [5, 5.41) is 3.47. The number of halogens is 1. The van der Waals surface area contributed by atoms with E-state index in [1.807, 2.05) is 6.07 Å². The molecule has 1 aliphatic heterocycles. The molecule has 2 fully saturated rings. The fraction of sp³-hybridized carbons (Fsp3) is 0.562. The molecule has 2 heterocycles. The fourth-order valence-corrected chi connectivity index (χ4v) is 3.36. The highest BCUT2D eigenvalue weighted by Crippen LogP contribution is 2.39. The lowest BCUT2D eigenvalue weighted by Gasteiger charge is -2.22. The van der Waals surface area contributed by atoms with Crippen molar-refractivity contribution in [2.24, 2.45) is 5.92 Å². The molecule has 0 radical (unpaired) electrons. The second kappa shape index (κ2) is 4.85. The molecule has 4 heteroatoms. The number of hydrogen-bond donors (Lipinski definition) is 1. The number of nitrogens with one attached hydrogen (secondary N) is 1. The molecule has 1 atom stereocenters. The largest absolute Gasteiger partial charge is 0.325 e. The van der Waals surface area contributed by atoms with Crippen molar-refractivity contribution in [1.29, 1.82) is 0 Å². The summed E-state index contributed by atoms with van der Waals surface area (Å²) in [5.41, 5.74) is 1.92. The van der Waals surface area contributed by atoms with Gasteiger partial charge in [-0.3, -0.25) is 0 Å². The number of nitrogens with zero attached hydrogens (tertiary/aromatic N) is 2. The van der Waals surface area contributed by atoms with Crippen molar-refractivity contribution < 1.29 is 4.39 Å². The van der Waals surface area contributed by atoms with E-state index in [1.165, 1.54) is 25.7 Å². The van der Waals surface area contributed by atoms with Crippen LogP contribution in [0.4, 0.5) is 4.39 Å². The summed E-state index contributed by atoms with van der Waals surface area (Å²) in [4.78, 5) is 4.72. The van der Waals surface area contributed by atoms with Gasteiger partial charge in [0.05, 0.1) is 11.0 Å². The number of rotatable bonds is 3. The van der Waals surface area contributed by atoms with Crippen LogP contribution < -0.4 is 5.32 Å². The molecule has 106 valence electrons. The Morgan fingerprint density at radius 1 is 1.30 bits per heavy atom. The zero-order chi connectivity index (χ0) is 13.5. The van der Waals surface area contributed by atoms with Crippen LogP contribution in [0.1, 0.15) is 37.5 Å². The third-order valence-corrected chi connectivity index (χ3v) is 4.51. The molecular weight excluding hydrogens is 253 g/mol. The van der Waals surface area contributed by atoms with Crippen LogP contribution >= 0.6 is 0 Å². The van der Waals surface area contributed by atoms with Gasteiger partial charge in [-0.1, -0.05) is 0 Å². The van der Waals surface area contributed by atoms with Crippen molar-refractivity contribution in [1.82, 2.24) is 14.9 Å². The van der Waals surface area contributed by atoms with Gasteiger partial charge in [-0.15, -0.1) is 0 Å². The highest BCUT2D eigenvalue weighted by atomic mass is 19.1. The smallest absolute Gasteiger partial charge is 0.125 e. The Morgan fingerprint density at radius 2 is 2.20 bits per heavy atom. The highest BCUT2D eigenvalue weighted by molar-refractivity contribution is 5.76. The standard InChI is InChI=1S/C16H20FN3/c17-12-3-6-15-14(9-12)19-16(20(15)13-4-5-13)8-11-2-1-7-18-10-11/h3,6,9,11,13,18H,1-2,4-5,7-8,10H2. The third-order valence-electron chi connectivity index (χ3n) is 4.51. The predicted molar refractivity (Wildman–Crippen MR) is 77.3 cm³/mol. The van der Waals surface area contributed by atoms with E-state index < -0.39 is 0 Å². The van der Waals surface area contributed by atoms with Gasteiger partial charge in [-0.05, 0) is 56.8 Å². The topological polar surface area (TPSA) is 29.9 Å². The summed E-state index contributed by atoms with van der Waals surface area (Å²) < 4.78 is 15.8. The van der Waals surface area contributed by atoms with Crippen LogP contribution in [0.5, 0.6) is 0 Å². The Hall–Kier alpha value is -1.42. The van der Waals surface area contributed by atoms with Crippen LogP contribution in [0.15, 0.2) is 18.2 Å². The van der Waals surface area contributed by atoms with Gasteiger partial charge in [-0.25, -0.2) is 9.37 Å². The average molecular weight is 273 g/mol. The summed E-state index contributed by atoms with van der Waals surface area (Å²) in [6.07, 6.45) is 6.01. The average Bonchev–Trinajstić information content (AvgIpc) is 3.22. The maximum absolute atomic E-state index is 13.4. The van der Waals surface area contributed by atoms with E-state index in [4.69, 9.17) is 4.98 Å². The van der Waals surface area contributed by atoms with Gasteiger partial charge >= 0.3 is 0 Å². The zero-order valence-electron chi connectivity index (χ0n) is 11.6. The first-order valence-electron chi connectivity index (χ1n) is 7.68. The van der Waals surface area contributed by atoms with Gasteiger partial charge in [0.15, 0.2) is 0 Å². The molecule has 0 amide bonds. The molecular formula is C16H20FN3. The molecule has 4 rings (SSSR count). The molecule has 1 aliphatic carbocycles.